The van der Waals surface area contributed by atoms with Gasteiger partial charge >= 0.3 is 0 Å². The van der Waals surface area contributed by atoms with Gasteiger partial charge in [-0.3, -0.25) is 0 Å². The van der Waals surface area contributed by atoms with Crippen LogP contribution in [0.15, 0.2) is 18.2 Å². The van der Waals surface area contributed by atoms with E-state index in [1.54, 1.807) is 24.1 Å². The van der Waals surface area contributed by atoms with Crippen molar-refractivity contribution in [2.24, 2.45) is 0 Å². The van der Waals surface area contributed by atoms with Gasteiger partial charge in [-0.05, 0) is 12.1 Å². The first-order chi connectivity index (χ1) is 5.24. The maximum atomic E-state index is 9.94. The van der Waals surface area contributed by atoms with Crippen molar-refractivity contribution in [2.75, 3.05) is 5.73 Å². The third-order valence-corrected chi connectivity index (χ3v) is 1.50. The summed E-state index contributed by atoms with van der Waals surface area (Å²) < 4.78 is 0. The second-order valence-corrected chi connectivity index (χ2v) is 2.47. The molecule has 11 heavy (non-hydrogen) atoms. The lowest BCUT2D eigenvalue weighted by Crippen LogP contribution is -1.88. The number of benzene rings is 1. The van der Waals surface area contributed by atoms with E-state index in [-0.39, 0.29) is 0 Å². The summed E-state index contributed by atoms with van der Waals surface area (Å²) in [6, 6.07) is 4.92. The Morgan fingerprint density at radius 1 is 1.55 bits per heavy atom. The Morgan fingerprint density at radius 2 is 2.27 bits per heavy atom. The van der Waals surface area contributed by atoms with Gasteiger partial charge in [0.1, 0.15) is 5.94 Å². The third-order valence-electron chi connectivity index (χ3n) is 1.26. The van der Waals surface area contributed by atoms with Gasteiger partial charge in [0.25, 0.3) is 0 Å². The Hall–Kier alpha value is -1.24. The van der Waals surface area contributed by atoms with Crippen molar-refractivity contribution in [2.45, 2.75) is 0 Å². The number of rotatable bonds is 1. The van der Waals surface area contributed by atoms with Crippen LogP contribution in [0.4, 0.5) is 5.69 Å². The lowest BCUT2D eigenvalue weighted by Gasteiger charge is -1.97. The molecule has 0 amide bonds. The second-order valence-electron chi connectivity index (χ2n) is 2.04. The summed E-state index contributed by atoms with van der Waals surface area (Å²) in [6.07, 6.45) is 1.27. The highest BCUT2D eigenvalue weighted by Gasteiger charge is 1.94. The van der Waals surface area contributed by atoms with Crippen LogP contribution in [0.5, 0.6) is 0 Å². The largest absolute Gasteiger partial charge is 0.398 e. The van der Waals surface area contributed by atoms with Gasteiger partial charge in [-0.25, -0.2) is 4.79 Å². The molecule has 1 rings (SSSR count). The molecular weight excluding hydrogens is 162 g/mol. The smallest absolute Gasteiger partial charge is 0.125 e. The summed E-state index contributed by atoms with van der Waals surface area (Å²) in [6.45, 7) is 0. The molecule has 0 unspecified atom stereocenters. The van der Waals surface area contributed by atoms with Gasteiger partial charge in [0.15, 0.2) is 0 Å². The summed E-state index contributed by atoms with van der Waals surface area (Å²) in [5.41, 5.74) is 6.64. The summed E-state index contributed by atoms with van der Waals surface area (Å²) in [4.78, 5) is 9.94. The van der Waals surface area contributed by atoms with E-state index in [0.717, 1.165) is 0 Å². The first-order valence-corrected chi connectivity index (χ1v) is 3.38. The topological polar surface area (TPSA) is 43.1 Å². The predicted molar refractivity (Wildman–Crippen MR) is 46.0 cm³/mol. The normalized spacial score (nSPS) is 8.82. The third kappa shape index (κ3) is 1.84. The number of hydrogen-bond acceptors (Lipinski definition) is 2. The average Bonchev–Trinajstić information content (AvgIpc) is 1.95. The maximum Gasteiger partial charge on any atom is 0.125 e. The minimum Gasteiger partial charge on any atom is -0.398 e. The molecule has 0 saturated heterocycles. The van der Waals surface area contributed by atoms with Crippen LogP contribution in [0.3, 0.4) is 0 Å². The SMILES string of the molecule is Nc1cc(Cl)ccc1C=C=O. The van der Waals surface area contributed by atoms with Crippen molar-refractivity contribution in [3.05, 3.63) is 28.8 Å². The van der Waals surface area contributed by atoms with Gasteiger partial charge in [-0.1, -0.05) is 17.7 Å². The van der Waals surface area contributed by atoms with E-state index in [4.69, 9.17) is 17.3 Å². The first-order valence-electron chi connectivity index (χ1n) is 3.00. The van der Waals surface area contributed by atoms with Crippen LogP contribution >= 0.6 is 11.6 Å². The molecule has 56 valence electrons. The molecule has 0 heterocycles. The van der Waals surface area contributed by atoms with Crippen molar-refractivity contribution in [3.8, 4) is 0 Å². The van der Waals surface area contributed by atoms with E-state index < -0.39 is 0 Å². The van der Waals surface area contributed by atoms with Crippen LogP contribution in [0.1, 0.15) is 5.56 Å². The highest BCUT2D eigenvalue weighted by Crippen LogP contribution is 2.17. The van der Waals surface area contributed by atoms with Gasteiger partial charge in [0.2, 0.25) is 0 Å². The molecular formula is C8H6ClNO. The molecule has 0 fully saturated rings. The van der Waals surface area contributed by atoms with Crippen molar-refractivity contribution < 1.29 is 4.79 Å². The molecule has 1 aromatic rings. The molecule has 0 spiro atoms. The van der Waals surface area contributed by atoms with Crippen LogP contribution in [-0.2, 0) is 4.79 Å². The van der Waals surface area contributed by atoms with Crippen molar-refractivity contribution in [1.82, 2.24) is 0 Å². The Bertz CT molecular complexity index is 316. The highest BCUT2D eigenvalue weighted by molar-refractivity contribution is 6.30. The average molecular weight is 168 g/mol. The number of hydrogen-bond donors (Lipinski definition) is 1. The van der Waals surface area contributed by atoms with Crippen molar-refractivity contribution >= 4 is 29.3 Å². The minimum absolute atomic E-state index is 0.487. The maximum absolute atomic E-state index is 9.94. The molecule has 3 heteroatoms. The van der Waals surface area contributed by atoms with Crippen LogP contribution < -0.4 is 5.73 Å². The molecule has 0 aliphatic heterocycles. The number of carbonyl (C=O) groups excluding carboxylic acids is 1. The van der Waals surface area contributed by atoms with Gasteiger partial charge < -0.3 is 5.73 Å². The molecule has 2 nitrogen and oxygen atoms in total. The van der Waals surface area contributed by atoms with Gasteiger partial charge in [-0.15, -0.1) is 0 Å². The minimum atomic E-state index is 0.487. The number of halogens is 1. The molecule has 0 bridgehead atoms. The lowest BCUT2D eigenvalue weighted by atomic mass is 10.2. The fourth-order valence-corrected chi connectivity index (χ4v) is 0.921. The monoisotopic (exact) mass is 167 g/mol. The van der Waals surface area contributed by atoms with E-state index in [2.05, 4.69) is 0 Å². The zero-order valence-corrected chi connectivity index (χ0v) is 6.43. The van der Waals surface area contributed by atoms with E-state index in [9.17, 15) is 4.79 Å². The highest BCUT2D eigenvalue weighted by atomic mass is 35.5. The molecule has 0 aliphatic carbocycles. The van der Waals surface area contributed by atoms with Crippen molar-refractivity contribution in [1.29, 1.82) is 0 Å². The zero-order valence-electron chi connectivity index (χ0n) is 5.67. The van der Waals surface area contributed by atoms with Gasteiger partial charge in [-0.2, -0.15) is 0 Å². The Morgan fingerprint density at radius 3 is 2.82 bits per heavy atom. The van der Waals surface area contributed by atoms with Crippen LogP contribution in [0.25, 0.3) is 6.08 Å². The quantitative estimate of drug-likeness (QED) is 0.512. The first kappa shape index (κ1) is 7.86. The summed E-state index contributed by atoms with van der Waals surface area (Å²) in [5.74, 6) is 1.65. The van der Waals surface area contributed by atoms with E-state index in [0.29, 0.717) is 16.3 Å². The number of nitrogen functional groups attached to an aromatic ring is 1. The predicted octanol–water partition coefficient (Wildman–Crippen LogP) is 1.77. The summed E-state index contributed by atoms with van der Waals surface area (Å²) >= 11 is 5.62. The van der Waals surface area contributed by atoms with Crippen LogP contribution in [0.2, 0.25) is 5.02 Å². The van der Waals surface area contributed by atoms with E-state index in [1.165, 1.54) is 6.08 Å². The molecule has 0 atom stereocenters. The molecule has 0 radical (unpaired) electrons. The number of anilines is 1. The standard InChI is InChI=1S/C8H6ClNO/c9-7-2-1-6(3-4-11)8(10)5-7/h1-3,5H,10H2. The Kier molecular flexibility index (Phi) is 2.32. The van der Waals surface area contributed by atoms with Gasteiger partial charge in [0.05, 0.1) is 0 Å². The van der Waals surface area contributed by atoms with Crippen molar-refractivity contribution in [3.63, 3.8) is 0 Å². The summed E-state index contributed by atoms with van der Waals surface area (Å²) in [5, 5.41) is 0.561. The summed E-state index contributed by atoms with van der Waals surface area (Å²) in [7, 11) is 0. The molecule has 0 aromatic heterocycles. The lowest BCUT2D eigenvalue weighted by molar-refractivity contribution is 0.570. The molecule has 2 N–H and O–H groups in total. The van der Waals surface area contributed by atoms with E-state index in [1.807, 2.05) is 0 Å². The van der Waals surface area contributed by atoms with Crippen LogP contribution in [0, 0.1) is 0 Å². The zero-order chi connectivity index (χ0) is 8.27. The van der Waals surface area contributed by atoms with Crippen LogP contribution in [-0.4, -0.2) is 5.94 Å². The van der Waals surface area contributed by atoms with Gasteiger partial charge in [0, 0.05) is 22.3 Å². The molecule has 0 saturated carbocycles. The fourth-order valence-electron chi connectivity index (χ4n) is 0.741. The Balaban J connectivity index is 3.19. The molecule has 0 aliphatic rings. The Labute approximate surface area is 69.3 Å². The fraction of sp³-hybridized carbons (Fsp3) is 0. The molecule has 1 aromatic carbocycles. The number of nitrogens with two attached hydrogens (primary N) is 1. The second kappa shape index (κ2) is 3.24. The van der Waals surface area contributed by atoms with E-state index >= 15 is 0 Å².